The largest absolute Gasteiger partial charge is 0.398 e. The molecule has 0 fully saturated rings. The van der Waals surface area contributed by atoms with Crippen LogP contribution >= 0.6 is 27.7 Å². The Morgan fingerprint density at radius 3 is 2.93 bits per heavy atom. The summed E-state index contributed by atoms with van der Waals surface area (Å²) in [7, 11) is 0. The van der Waals surface area contributed by atoms with Crippen molar-refractivity contribution in [1.82, 2.24) is 0 Å². The minimum absolute atomic E-state index is 0.223. The van der Waals surface area contributed by atoms with Crippen molar-refractivity contribution in [2.24, 2.45) is 5.92 Å². The van der Waals surface area contributed by atoms with E-state index in [4.69, 9.17) is 10.8 Å². The molecule has 78 valence electrons. The first-order chi connectivity index (χ1) is 6.63. The average Bonchev–Trinajstić information content (AvgIpc) is 2.19. The normalized spacial score (nSPS) is 12.8. The third-order valence-electron chi connectivity index (χ3n) is 1.81. The zero-order chi connectivity index (χ0) is 10.6. The van der Waals surface area contributed by atoms with Crippen LogP contribution in [-0.2, 0) is 0 Å². The zero-order valence-electron chi connectivity index (χ0n) is 8.03. The van der Waals surface area contributed by atoms with Gasteiger partial charge in [0.1, 0.15) is 0 Å². The van der Waals surface area contributed by atoms with E-state index in [-0.39, 0.29) is 6.61 Å². The fraction of sp³-hybridized carbons (Fsp3) is 0.400. The Morgan fingerprint density at radius 2 is 2.29 bits per heavy atom. The van der Waals surface area contributed by atoms with Crippen molar-refractivity contribution < 1.29 is 5.11 Å². The topological polar surface area (TPSA) is 46.2 Å². The number of thioether (sulfide) groups is 1. The van der Waals surface area contributed by atoms with E-state index in [9.17, 15) is 0 Å². The molecule has 0 aliphatic carbocycles. The molecule has 0 bridgehead atoms. The summed E-state index contributed by atoms with van der Waals surface area (Å²) in [5, 5.41) is 8.88. The number of hydrogen-bond donors (Lipinski definition) is 2. The molecule has 0 aromatic heterocycles. The van der Waals surface area contributed by atoms with Gasteiger partial charge >= 0.3 is 0 Å². The van der Waals surface area contributed by atoms with Gasteiger partial charge in [-0.1, -0.05) is 22.9 Å². The summed E-state index contributed by atoms with van der Waals surface area (Å²) in [5.74, 6) is 1.19. The Bertz CT molecular complexity index is 306. The Morgan fingerprint density at radius 1 is 1.57 bits per heavy atom. The number of aliphatic hydroxyl groups is 1. The van der Waals surface area contributed by atoms with E-state index in [1.54, 1.807) is 11.8 Å². The smallest absolute Gasteiger partial charge is 0.0464 e. The predicted octanol–water partition coefficient (Wildman–Crippen LogP) is 2.75. The van der Waals surface area contributed by atoms with Crippen LogP contribution in [0.15, 0.2) is 27.6 Å². The van der Waals surface area contributed by atoms with E-state index < -0.39 is 0 Å². The van der Waals surface area contributed by atoms with Crippen LogP contribution in [0.2, 0.25) is 0 Å². The quantitative estimate of drug-likeness (QED) is 0.656. The summed E-state index contributed by atoms with van der Waals surface area (Å²) in [4.78, 5) is 1.07. The number of halogens is 1. The van der Waals surface area contributed by atoms with Gasteiger partial charge in [-0.15, -0.1) is 11.8 Å². The molecule has 4 heteroatoms. The van der Waals surface area contributed by atoms with Gasteiger partial charge in [0, 0.05) is 27.4 Å². The molecule has 2 nitrogen and oxygen atoms in total. The maximum atomic E-state index is 8.88. The molecule has 0 saturated heterocycles. The van der Waals surface area contributed by atoms with Crippen LogP contribution in [0.1, 0.15) is 6.92 Å². The number of nitrogen functional groups attached to an aromatic ring is 1. The standard InChI is InChI=1S/C10H14BrNOS/c1-7(5-13)6-14-10-4-8(11)2-3-9(10)12/h2-4,7,13H,5-6,12H2,1H3. The second-order valence-electron chi connectivity index (χ2n) is 3.28. The molecule has 1 aromatic carbocycles. The van der Waals surface area contributed by atoms with Crippen LogP contribution in [0, 0.1) is 5.92 Å². The van der Waals surface area contributed by atoms with Gasteiger partial charge in [-0.2, -0.15) is 0 Å². The van der Waals surface area contributed by atoms with Crippen molar-refractivity contribution >= 4 is 33.4 Å². The van der Waals surface area contributed by atoms with E-state index in [2.05, 4.69) is 15.9 Å². The molecular weight excluding hydrogens is 262 g/mol. The third-order valence-corrected chi connectivity index (χ3v) is 3.70. The molecular formula is C10H14BrNOS. The van der Waals surface area contributed by atoms with Crippen LogP contribution in [0.4, 0.5) is 5.69 Å². The highest BCUT2D eigenvalue weighted by Gasteiger charge is 2.04. The summed E-state index contributed by atoms with van der Waals surface area (Å²) < 4.78 is 1.03. The van der Waals surface area contributed by atoms with Gasteiger partial charge < -0.3 is 10.8 Å². The lowest BCUT2D eigenvalue weighted by Crippen LogP contribution is -2.03. The van der Waals surface area contributed by atoms with Crippen LogP contribution in [0.5, 0.6) is 0 Å². The van der Waals surface area contributed by atoms with Crippen molar-refractivity contribution in [1.29, 1.82) is 0 Å². The summed E-state index contributed by atoms with van der Waals surface area (Å²) in [6.45, 7) is 2.24. The molecule has 0 aliphatic heterocycles. The van der Waals surface area contributed by atoms with Crippen molar-refractivity contribution in [2.45, 2.75) is 11.8 Å². The second kappa shape index (κ2) is 5.63. The van der Waals surface area contributed by atoms with Crippen LogP contribution in [0.3, 0.4) is 0 Å². The van der Waals surface area contributed by atoms with E-state index in [1.165, 1.54) is 0 Å². The average molecular weight is 276 g/mol. The molecule has 1 aromatic rings. The molecule has 1 unspecified atom stereocenters. The Labute approximate surface area is 97.0 Å². The molecule has 0 saturated carbocycles. The molecule has 1 rings (SSSR count). The number of aliphatic hydroxyl groups excluding tert-OH is 1. The van der Waals surface area contributed by atoms with Gasteiger partial charge in [-0.3, -0.25) is 0 Å². The molecule has 0 amide bonds. The van der Waals surface area contributed by atoms with E-state index in [0.29, 0.717) is 5.92 Å². The molecule has 1 atom stereocenters. The van der Waals surface area contributed by atoms with Crippen molar-refractivity contribution in [3.63, 3.8) is 0 Å². The minimum Gasteiger partial charge on any atom is -0.398 e. The van der Waals surface area contributed by atoms with Crippen molar-refractivity contribution in [3.05, 3.63) is 22.7 Å². The highest BCUT2D eigenvalue weighted by Crippen LogP contribution is 2.29. The molecule has 3 N–H and O–H groups in total. The van der Waals surface area contributed by atoms with E-state index >= 15 is 0 Å². The summed E-state index contributed by atoms with van der Waals surface area (Å²) in [6.07, 6.45) is 0. The molecule has 14 heavy (non-hydrogen) atoms. The first kappa shape index (κ1) is 11.9. The Kier molecular flexibility index (Phi) is 4.78. The first-order valence-electron chi connectivity index (χ1n) is 4.42. The molecule has 0 aliphatic rings. The molecule has 0 spiro atoms. The summed E-state index contributed by atoms with van der Waals surface area (Å²) >= 11 is 5.08. The summed E-state index contributed by atoms with van der Waals surface area (Å²) in [6, 6.07) is 5.81. The van der Waals surface area contributed by atoms with Gasteiger partial charge in [-0.25, -0.2) is 0 Å². The van der Waals surface area contributed by atoms with Gasteiger partial charge in [0.25, 0.3) is 0 Å². The van der Waals surface area contributed by atoms with E-state index in [0.717, 1.165) is 20.8 Å². The lowest BCUT2D eigenvalue weighted by Gasteiger charge is -2.09. The lowest BCUT2D eigenvalue weighted by atomic mass is 10.2. The Balaban J connectivity index is 2.62. The highest BCUT2D eigenvalue weighted by atomic mass is 79.9. The highest BCUT2D eigenvalue weighted by molar-refractivity contribution is 9.10. The van der Waals surface area contributed by atoms with E-state index in [1.807, 2.05) is 25.1 Å². The maximum absolute atomic E-state index is 8.88. The van der Waals surface area contributed by atoms with Crippen LogP contribution in [-0.4, -0.2) is 17.5 Å². The number of benzene rings is 1. The minimum atomic E-state index is 0.223. The molecule has 0 radical (unpaired) electrons. The number of nitrogens with two attached hydrogens (primary N) is 1. The van der Waals surface area contributed by atoms with Gasteiger partial charge in [0.2, 0.25) is 0 Å². The SMILES string of the molecule is CC(CO)CSc1cc(Br)ccc1N. The van der Waals surface area contributed by atoms with Gasteiger partial charge in [0.15, 0.2) is 0 Å². The number of anilines is 1. The second-order valence-corrected chi connectivity index (χ2v) is 5.26. The summed E-state index contributed by atoms with van der Waals surface area (Å²) in [5.41, 5.74) is 6.61. The lowest BCUT2D eigenvalue weighted by molar-refractivity contribution is 0.250. The first-order valence-corrected chi connectivity index (χ1v) is 6.20. The van der Waals surface area contributed by atoms with Crippen LogP contribution < -0.4 is 5.73 Å². The fourth-order valence-electron chi connectivity index (χ4n) is 0.918. The van der Waals surface area contributed by atoms with Crippen molar-refractivity contribution in [2.75, 3.05) is 18.1 Å². The fourth-order valence-corrected chi connectivity index (χ4v) is 2.45. The third kappa shape index (κ3) is 3.52. The monoisotopic (exact) mass is 275 g/mol. The number of hydrogen-bond acceptors (Lipinski definition) is 3. The van der Waals surface area contributed by atoms with Crippen LogP contribution in [0.25, 0.3) is 0 Å². The maximum Gasteiger partial charge on any atom is 0.0464 e. The molecule has 0 heterocycles. The van der Waals surface area contributed by atoms with Gasteiger partial charge in [0.05, 0.1) is 0 Å². The van der Waals surface area contributed by atoms with Crippen molar-refractivity contribution in [3.8, 4) is 0 Å². The van der Waals surface area contributed by atoms with Gasteiger partial charge in [-0.05, 0) is 24.1 Å². The predicted molar refractivity (Wildman–Crippen MR) is 65.5 cm³/mol. The Hall–Kier alpha value is -0.190. The zero-order valence-corrected chi connectivity index (χ0v) is 10.4. The number of rotatable bonds is 4.